The monoisotopic (exact) mass is 446 g/mol. The Bertz CT molecular complexity index is 990. The zero-order chi connectivity index (χ0) is 22.3. The molecule has 2 aromatic rings. The fourth-order valence-electron chi connectivity index (χ4n) is 3.42. The van der Waals surface area contributed by atoms with Gasteiger partial charge in [-0.3, -0.25) is 9.10 Å². The van der Waals surface area contributed by atoms with Crippen molar-refractivity contribution < 1.29 is 22.7 Å². The number of sulfonamides is 1. The fraction of sp³-hybridized carbons (Fsp3) is 0.435. The van der Waals surface area contributed by atoms with E-state index in [-0.39, 0.29) is 18.9 Å². The van der Waals surface area contributed by atoms with Crippen LogP contribution in [0.1, 0.15) is 38.2 Å². The number of unbranched alkanes of at least 4 members (excludes halogenated alkanes) is 1. The van der Waals surface area contributed by atoms with E-state index in [0.717, 1.165) is 31.2 Å². The maximum absolute atomic E-state index is 12.3. The molecule has 1 aliphatic rings. The molecule has 168 valence electrons. The molecule has 7 nitrogen and oxygen atoms in total. The molecule has 0 fully saturated rings. The molecular formula is C23H30N2O5S. The maximum Gasteiger partial charge on any atom is 0.232 e. The SMILES string of the molecule is CCCCc1ccc(NC(=O)CCCN(c2ccc3c(c2)OCCO3)S(C)(=O)=O)cc1. The highest BCUT2D eigenvalue weighted by atomic mass is 32.2. The lowest BCUT2D eigenvalue weighted by Crippen LogP contribution is -2.31. The number of carbonyl (C=O) groups excluding carboxylic acids is 1. The lowest BCUT2D eigenvalue weighted by atomic mass is 10.1. The second-order valence-electron chi connectivity index (χ2n) is 7.62. The Balaban J connectivity index is 1.56. The largest absolute Gasteiger partial charge is 0.486 e. The summed E-state index contributed by atoms with van der Waals surface area (Å²) in [7, 11) is -3.51. The molecule has 0 aliphatic carbocycles. The van der Waals surface area contributed by atoms with E-state index < -0.39 is 10.0 Å². The number of carbonyl (C=O) groups is 1. The number of hydrogen-bond donors (Lipinski definition) is 1. The third kappa shape index (κ3) is 6.62. The van der Waals surface area contributed by atoms with E-state index in [1.54, 1.807) is 18.2 Å². The average molecular weight is 447 g/mol. The highest BCUT2D eigenvalue weighted by Crippen LogP contribution is 2.34. The molecule has 3 rings (SSSR count). The summed E-state index contributed by atoms with van der Waals surface area (Å²) in [4.78, 5) is 12.3. The van der Waals surface area contributed by atoms with E-state index in [1.807, 2.05) is 24.3 Å². The molecule has 0 atom stereocenters. The van der Waals surface area contributed by atoms with Crippen molar-refractivity contribution in [2.45, 2.75) is 39.0 Å². The lowest BCUT2D eigenvalue weighted by Gasteiger charge is -2.25. The van der Waals surface area contributed by atoms with Crippen LogP contribution in [0.15, 0.2) is 42.5 Å². The van der Waals surface area contributed by atoms with Crippen LogP contribution in [0.25, 0.3) is 0 Å². The van der Waals surface area contributed by atoms with Gasteiger partial charge in [0, 0.05) is 24.7 Å². The summed E-state index contributed by atoms with van der Waals surface area (Å²) in [5.74, 6) is 0.984. The van der Waals surface area contributed by atoms with Crippen molar-refractivity contribution >= 4 is 27.3 Å². The van der Waals surface area contributed by atoms with Gasteiger partial charge >= 0.3 is 0 Å². The summed E-state index contributed by atoms with van der Waals surface area (Å²) in [5, 5.41) is 2.87. The Kier molecular flexibility index (Phi) is 7.79. The van der Waals surface area contributed by atoms with Crippen molar-refractivity contribution in [3.05, 3.63) is 48.0 Å². The molecule has 0 saturated heterocycles. The third-order valence-corrected chi connectivity index (χ3v) is 6.23. The van der Waals surface area contributed by atoms with Gasteiger partial charge in [0.1, 0.15) is 13.2 Å². The molecular weight excluding hydrogens is 416 g/mol. The number of aryl methyl sites for hydroxylation is 1. The van der Waals surface area contributed by atoms with Crippen LogP contribution in [0.4, 0.5) is 11.4 Å². The van der Waals surface area contributed by atoms with Gasteiger partial charge in [-0.1, -0.05) is 25.5 Å². The second-order valence-corrected chi connectivity index (χ2v) is 9.52. The lowest BCUT2D eigenvalue weighted by molar-refractivity contribution is -0.116. The highest BCUT2D eigenvalue weighted by Gasteiger charge is 2.21. The molecule has 0 spiro atoms. The first kappa shape index (κ1) is 22.9. The van der Waals surface area contributed by atoms with Crippen molar-refractivity contribution in [2.75, 3.05) is 35.6 Å². The second kappa shape index (κ2) is 10.5. The summed E-state index contributed by atoms with van der Waals surface area (Å²) < 4.78 is 37.0. The number of rotatable bonds is 10. The molecule has 1 heterocycles. The predicted octanol–water partition coefficient (Wildman–Crippen LogP) is 3.99. The molecule has 0 unspecified atom stereocenters. The number of hydrogen-bond acceptors (Lipinski definition) is 5. The number of benzene rings is 2. The molecule has 2 aromatic carbocycles. The van der Waals surface area contributed by atoms with Crippen molar-refractivity contribution in [2.24, 2.45) is 0 Å². The molecule has 1 N–H and O–H groups in total. The van der Waals surface area contributed by atoms with Gasteiger partial charge in [-0.05, 0) is 49.1 Å². The van der Waals surface area contributed by atoms with Gasteiger partial charge < -0.3 is 14.8 Å². The van der Waals surface area contributed by atoms with E-state index in [1.165, 1.54) is 9.87 Å². The van der Waals surface area contributed by atoms with Gasteiger partial charge in [-0.25, -0.2) is 8.42 Å². The number of nitrogens with zero attached hydrogens (tertiary/aromatic N) is 1. The zero-order valence-corrected chi connectivity index (χ0v) is 18.9. The Hall–Kier alpha value is -2.74. The normalized spacial score (nSPS) is 13.0. The molecule has 1 amide bonds. The number of fused-ring (bicyclic) bond motifs is 1. The van der Waals surface area contributed by atoms with Crippen LogP contribution in [0, 0.1) is 0 Å². The molecule has 0 bridgehead atoms. The van der Waals surface area contributed by atoms with Crippen molar-refractivity contribution in [1.29, 1.82) is 0 Å². The fourth-order valence-corrected chi connectivity index (χ4v) is 4.37. The first-order valence-electron chi connectivity index (χ1n) is 10.6. The smallest absolute Gasteiger partial charge is 0.232 e. The van der Waals surface area contributed by atoms with Gasteiger partial charge in [0.15, 0.2) is 11.5 Å². The minimum atomic E-state index is -3.51. The molecule has 31 heavy (non-hydrogen) atoms. The highest BCUT2D eigenvalue weighted by molar-refractivity contribution is 7.92. The van der Waals surface area contributed by atoms with Crippen LogP contribution in [0.3, 0.4) is 0 Å². The predicted molar refractivity (Wildman–Crippen MR) is 123 cm³/mol. The van der Waals surface area contributed by atoms with E-state index in [4.69, 9.17) is 9.47 Å². The van der Waals surface area contributed by atoms with Crippen LogP contribution in [-0.2, 0) is 21.2 Å². The first-order valence-corrected chi connectivity index (χ1v) is 12.5. The van der Waals surface area contributed by atoms with E-state index >= 15 is 0 Å². The number of nitrogens with one attached hydrogen (secondary N) is 1. The summed E-state index contributed by atoms with van der Waals surface area (Å²) >= 11 is 0. The van der Waals surface area contributed by atoms with E-state index in [2.05, 4.69) is 12.2 Å². The zero-order valence-electron chi connectivity index (χ0n) is 18.1. The van der Waals surface area contributed by atoms with Gasteiger partial charge in [0.25, 0.3) is 0 Å². The summed E-state index contributed by atoms with van der Waals surface area (Å²) in [5.41, 5.74) is 2.50. The number of amides is 1. The van der Waals surface area contributed by atoms with Crippen LogP contribution in [0.2, 0.25) is 0 Å². The van der Waals surface area contributed by atoms with Crippen LogP contribution < -0.4 is 19.1 Å². The van der Waals surface area contributed by atoms with E-state index in [0.29, 0.717) is 36.8 Å². The van der Waals surface area contributed by atoms with Crippen LogP contribution >= 0.6 is 0 Å². The molecule has 1 aliphatic heterocycles. The molecule has 8 heteroatoms. The minimum absolute atomic E-state index is 0.142. The Morgan fingerprint density at radius 2 is 1.74 bits per heavy atom. The number of anilines is 2. The van der Waals surface area contributed by atoms with Gasteiger partial charge in [0.2, 0.25) is 15.9 Å². The summed E-state index contributed by atoms with van der Waals surface area (Å²) in [6.07, 6.45) is 5.09. The van der Waals surface area contributed by atoms with Crippen molar-refractivity contribution in [3.8, 4) is 11.5 Å². The first-order chi connectivity index (χ1) is 14.9. The molecule has 0 saturated carbocycles. The average Bonchev–Trinajstić information content (AvgIpc) is 2.75. The summed E-state index contributed by atoms with van der Waals surface area (Å²) in [6, 6.07) is 12.9. The van der Waals surface area contributed by atoms with Gasteiger partial charge in [-0.15, -0.1) is 0 Å². The minimum Gasteiger partial charge on any atom is -0.486 e. The summed E-state index contributed by atoms with van der Waals surface area (Å²) in [6.45, 7) is 3.25. The van der Waals surface area contributed by atoms with Gasteiger partial charge in [0.05, 0.1) is 11.9 Å². The van der Waals surface area contributed by atoms with E-state index in [9.17, 15) is 13.2 Å². The Morgan fingerprint density at radius 3 is 2.42 bits per heavy atom. The molecule has 0 radical (unpaired) electrons. The Labute approximate surface area is 184 Å². The third-order valence-electron chi connectivity index (χ3n) is 5.04. The van der Waals surface area contributed by atoms with Crippen molar-refractivity contribution in [3.63, 3.8) is 0 Å². The topological polar surface area (TPSA) is 84.9 Å². The van der Waals surface area contributed by atoms with Crippen LogP contribution in [0.5, 0.6) is 11.5 Å². The Morgan fingerprint density at radius 1 is 1.03 bits per heavy atom. The standard InChI is InChI=1S/C23H30N2O5S/c1-3-4-6-18-8-10-19(11-9-18)24-23(26)7-5-14-25(31(2,27)28)20-12-13-21-22(17-20)30-16-15-29-21/h8-13,17H,3-7,14-16H2,1-2H3,(H,24,26). The van der Waals surface area contributed by atoms with Gasteiger partial charge in [-0.2, -0.15) is 0 Å². The maximum atomic E-state index is 12.3. The molecule has 0 aromatic heterocycles. The number of ether oxygens (including phenoxy) is 2. The van der Waals surface area contributed by atoms with Crippen LogP contribution in [-0.4, -0.2) is 40.3 Å². The quantitative estimate of drug-likeness (QED) is 0.597. The van der Waals surface area contributed by atoms with Crippen molar-refractivity contribution in [1.82, 2.24) is 0 Å².